The van der Waals surface area contributed by atoms with Crippen molar-refractivity contribution in [1.29, 1.82) is 5.41 Å². The van der Waals surface area contributed by atoms with Gasteiger partial charge in [-0.05, 0) is 106 Å². The van der Waals surface area contributed by atoms with Crippen LogP contribution in [0.4, 0.5) is 5.69 Å². The Hall–Kier alpha value is -3.26. The second-order valence-corrected chi connectivity index (χ2v) is 14.7. The standard InChI is InChI=1S/C38H49N3O5/c1-4-45-33-20-28-29(21-34(33)46-5-2)38(9-10-38)41(36(28)39)23-32(42)26-18-30(35(43-3)31(19-26)40-11-13-44-14-12-40)37-8-6-7-24-15-25(22-37)17-27(37)16-24/h18-21,24-25,27,39H,4-17,22-23H2,1-3H3. The third-order valence-electron chi connectivity index (χ3n) is 12.3. The molecule has 4 unspecified atom stereocenters. The molecule has 0 amide bonds. The van der Waals surface area contributed by atoms with Gasteiger partial charge in [0, 0.05) is 35.2 Å². The molecule has 4 atom stereocenters. The van der Waals surface area contributed by atoms with Gasteiger partial charge in [-0.25, -0.2) is 0 Å². The lowest BCUT2D eigenvalue weighted by Gasteiger charge is -2.39. The molecule has 46 heavy (non-hydrogen) atoms. The van der Waals surface area contributed by atoms with Crippen molar-refractivity contribution < 1.29 is 23.7 Å². The minimum Gasteiger partial charge on any atom is -0.494 e. The number of fused-ring (bicyclic) bond motifs is 4. The summed E-state index contributed by atoms with van der Waals surface area (Å²) in [6.45, 7) is 8.10. The Balaban J connectivity index is 1.18. The number of hydrogen-bond donors (Lipinski definition) is 1. The second kappa shape index (κ2) is 11.5. The molecule has 4 aliphatic carbocycles. The average Bonchev–Trinajstić information content (AvgIpc) is 3.80. The minimum atomic E-state index is -0.321. The van der Waals surface area contributed by atoms with Crippen molar-refractivity contribution in [1.82, 2.24) is 4.90 Å². The third-order valence-corrected chi connectivity index (χ3v) is 12.3. The van der Waals surface area contributed by atoms with Gasteiger partial charge in [-0.2, -0.15) is 0 Å². The van der Waals surface area contributed by atoms with Crippen LogP contribution < -0.4 is 19.1 Å². The van der Waals surface area contributed by atoms with Gasteiger partial charge in [0.15, 0.2) is 17.3 Å². The predicted octanol–water partition coefficient (Wildman–Crippen LogP) is 6.70. The number of nitrogens with zero attached hydrogens (tertiary/aromatic N) is 2. The molecule has 4 saturated carbocycles. The van der Waals surface area contributed by atoms with Gasteiger partial charge in [-0.1, -0.05) is 12.8 Å². The number of rotatable bonds is 10. The summed E-state index contributed by atoms with van der Waals surface area (Å²) in [5.74, 6) is 5.12. The quantitative estimate of drug-likeness (QED) is 0.294. The summed E-state index contributed by atoms with van der Waals surface area (Å²) in [7, 11) is 1.81. The monoisotopic (exact) mass is 627 g/mol. The van der Waals surface area contributed by atoms with Crippen LogP contribution in [0, 0.1) is 23.2 Å². The fourth-order valence-corrected chi connectivity index (χ4v) is 10.3. The summed E-state index contributed by atoms with van der Waals surface area (Å²) in [6, 6.07) is 8.32. The molecule has 0 radical (unpaired) electrons. The van der Waals surface area contributed by atoms with E-state index in [0.29, 0.717) is 43.9 Å². The highest BCUT2D eigenvalue weighted by atomic mass is 16.5. The van der Waals surface area contributed by atoms with Crippen LogP contribution in [0.3, 0.4) is 0 Å². The Morgan fingerprint density at radius 2 is 1.70 bits per heavy atom. The van der Waals surface area contributed by atoms with E-state index in [4.69, 9.17) is 18.9 Å². The lowest BCUT2D eigenvalue weighted by Crippen LogP contribution is -2.39. The fourth-order valence-electron chi connectivity index (χ4n) is 10.3. The van der Waals surface area contributed by atoms with Crippen LogP contribution in [0.15, 0.2) is 24.3 Å². The number of ether oxygens (including phenoxy) is 4. The first-order valence-corrected chi connectivity index (χ1v) is 17.8. The van der Waals surface area contributed by atoms with Crippen molar-refractivity contribution >= 4 is 17.3 Å². The van der Waals surface area contributed by atoms with E-state index < -0.39 is 0 Å². The van der Waals surface area contributed by atoms with Gasteiger partial charge >= 0.3 is 0 Å². The van der Waals surface area contributed by atoms with Gasteiger partial charge in [0.25, 0.3) is 0 Å². The topological polar surface area (TPSA) is 84.3 Å². The van der Waals surface area contributed by atoms with Crippen molar-refractivity contribution in [2.24, 2.45) is 17.8 Å². The van der Waals surface area contributed by atoms with E-state index in [1.54, 1.807) is 0 Å². The van der Waals surface area contributed by atoms with E-state index >= 15 is 0 Å². The normalized spacial score (nSPS) is 28.8. The number of benzene rings is 2. The maximum atomic E-state index is 14.6. The zero-order valence-electron chi connectivity index (χ0n) is 27.8. The molecule has 0 aromatic heterocycles. The van der Waals surface area contributed by atoms with Crippen LogP contribution in [0.1, 0.15) is 98.7 Å². The molecule has 3 bridgehead atoms. The van der Waals surface area contributed by atoms with E-state index in [1.807, 2.05) is 27.0 Å². The summed E-state index contributed by atoms with van der Waals surface area (Å²) >= 11 is 0. The lowest BCUT2D eigenvalue weighted by molar-refractivity contribution is 0.0943. The van der Waals surface area contributed by atoms with Crippen LogP contribution in [0.5, 0.6) is 17.2 Å². The van der Waals surface area contributed by atoms with Crippen LogP contribution in [-0.2, 0) is 15.7 Å². The van der Waals surface area contributed by atoms with Crippen molar-refractivity contribution in [3.8, 4) is 17.2 Å². The van der Waals surface area contributed by atoms with Crippen LogP contribution in [0.2, 0.25) is 0 Å². The first-order chi connectivity index (χ1) is 22.4. The number of morpholine rings is 1. The number of nitrogens with one attached hydrogen (secondary N) is 1. The van der Waals surface area contributed by atoms with E-state index in [1.165, 1.54) is 50.5 Å². The molecule has 2 heterocycles. The number of hydrogen-bond acceptors (Lipinski definition) is 7. The number of Topliss-reactive ketones (excluding diaryl/α,β-unsaturated/α-hetero) is 1. The van der Waals surface area contributed by atoms with Gasteiger partial charge in [-0.3, -0.25) is 10.2 Å². The molecule has 2 aromatic rings. The molecule has 1 saturated heterocycles. The van der Waals surface area contributed by atoms with Gasteiger partial charge in [0.05, 0.1) is 51.3 Å². The van der Waals surface area contributed by atoms with Gasteiger partial charge in [0.2, 0.25) is 0 Å². The van der Waals surface area contributed by atoms with Crippen LogP contribution >= 0.6 is 0 Å². The summed E-state index contributed by atoms with van der Waals surface area (Å²) in [6.07, 6.45) is 10.8. The number of amidine groups is 1. The molecule has 8 nitrogen and oxygen atoms in total. The Labute approximate surface area is 273 Å². The Kier molecular flexibility index (Phi) is 7.50. The molecular formula is C38H49N3O5. The van der Waals surface area contributed by atoms with E-state index in [2.05, 4.69) is 28.0 Å². The van der Waals surface area contributed by atoms with Gasteiger partial charge in [0.1, 0.15) is 11.6 Å². The maximum Gasteiger partial charge on any atom is 0.182 e. The molecule has 246 valence electrons. The summed E-state index contributed by atoms with van der Waals surface area (Å²) < 4.78 is 24.0. The number of anilines is 1. The van der Waals surface area contributed by atoms with Crippen molar-refractivity contribution in [2.75, 3.05) is 58.1 Å². The zero-order chi connectivity index (χ0) is 31.6. The highest BCUT2D eigenvalue weighted by molar-refractivity contribution is 6.07. The first-order valence-electron chi connectivity index (χ1n) is 17.8. The number of methoxy groups -OCH3 is 1. The molecular weight excluding hydrogens is 578 g/mol. The smallest absolute Gasteiger partial charge is 0.182 e. The lowest BCUT2D eigenvalue weighted by atomic mass is 9.68. The molecule has 6 aliphatic rings. The third kappa shape index (κ3) is 4.64. The molecule has 8 rings (SSSR count). The summed E-state index contributed by atoms with van der Waals surface area (Å²) in [5.41, 5.74) is 4.74. The maximum absolute atomic E-state index is 14.6. The van der Waals surface area contributed by atoms with Crippen molar-refractivity contribution in [3.05, 3.63) is 46.5 Å². The Bertz CT molecular complexity index is 1550. The first kappa shape index (κ1) is 30.1. The van der Waals surface area contributed by atoms with Gasteiger partial charge in [-0.15, -0.1) is 0 Å². The highest BCUT2D eigenvalue weighted by Gasteiger charge is 2.58. The summed E-state index contributed by atoms with van der Waals surface area (Å²) in [5, 5.41) is 9.29. The van der Waals surface area contributed by atoms with E-state index in [0.717, 1.165) is 71.6 Å². The second-order valence-electron chi connectivity index (χ2n) is 14.7. The molecule has 8 heteroatoms. The minimum absolute atomic E-state index is 0.0677. The van der Waals surface area contributed by atoms with Crippen molar-refractivity contribution in [3.63, 3.8) is 0 Å². The Morgan fingerprint density at radius 1 is 0.957 bits per heavy atom. The van der Waals surface area contributed by atoms with E-state index in [9.17, 15) is 10.2 Å². The number of carbonyl (C=O) groups excluding carboxylic acids is 1. The SMILES string of the molecule is CCOc1cc2c(cc1OCC)C1(CC1)N(CC(=O)c1cc(N3CCOCC3)c(OC)c(C34CCCC5CC(CC3C5)C4)c1)C2=N. The number of carbonyl (C=O) groups is 1. The van der Waals surface area contributed by atoms with E-state index in [-0.39, 0.29) is 23.3 Å². The Morgan fingerprint density at radius 3 is 2.41 bits per heavy atom. The zero-order valence-corrected chi connectivity index (χ0v) is 27.8. The molecule has 1 spiro atoms. The molecule has 2 aromatic carbocycles. The van der Waals surface area contributed by atoms with Crippen LogP contribution in [-0.4, -0.2) is 69.7 Å². The molecule has 2 aliphatic heterocycles. The number of ketones is 1. The fraction of sp³-hybridized carbons (Fsp3) is 0.632. The predicted molar refractivity (Wildman–Crippen MR) is 178 cm³/mol. The van der Waals surface area contributed by atoms with Gasteiger partial charge < -0.3 is 28.7 Å². The molecule has 1 N–H and O–H groups in total. The molecule has 5 fully saturated rings. The summed E-state index contributed by atoms with van der Waals surface area (Å²) in [4.78, 5) is 19.0. The average molecular weight is 628 g/mol. The highest BCUT2D eigenvalue weighted by Crippen LogP contribution is 2.63. The van der Waals surface area contributed by atoms with Crippen LogP contribution in [0.25, 0.3) is 0 Å². The largest absolute Gasteiger partial charge is 0.494 e. The van der Waals surface area contributed by atoms with Crippen molar-refractivity contribution in [2.45, 2.75) is 82.6 Å².